The second kappa shape index (κ2) is 6.99. The maximum atomic E-state index is 11.1. The number of fused-ring (bicyclic) bond motifs is 2. The number of halogens is 1. The molecule has 2 aromatic heterocycles. The number of hydrogen-bond acceptors (Lipinski definition) is 5. The minimum absolute atomic E-state index is 0.0224. The zero-order valence-electron chi connectivity index (χ0n) is 16.4. The molecule has 0 saturated carbocycles. The Morgan fingerprint density at radius 2 is 1.93 bits per heavy atom. The predicted molar refractivity (Wildman–Crippen MR) is 111 cm³/mol. The highest BCUT2D eigenvalue weighted by atomic mass is 35.5. The molecule has 1 aliphatic heterocycles. The van der Waals surface area contributed by atoms with Gasteiger partial charge in [0.25, 0.3) is 0 Å². The Morgan fingerprint density at radius 3 is 2.64 bits per heavy atom. The molecule has 3 heterocycles. The molecule has 0 saturated heterocycles. The Balaban J connectivity index is 1.81. The number of nitrogens with zero attached hydrogens (tertiary/aromatic N) is 2. The zero-order chi connectivity index (χ0) is 20.1. The van der Waals surface area contributed by atoms with Gasteiger partial charge in [0.1, 0.15) is 22.6 Å². The Labute approximate surface area is 169 Å². The van der Waals surface area contributed by atoms with Crippen LogP contribution in [0.2, 0.25) is 5.15 Å². The normalized spacial score (nSPS) is 21.8. The van der Waals surface area contributed by atoms with E-state index in [0.29, 0.717) is 5.15 Å². The molecule has 0 radical (unpaired) electrons. The van der Waals surface area contributed by atoms with Gasteiger partial charge in [0, 0.05) is 29.4 Å². The standard InChI is InChI=1S/C22H24ClN3O2/c1-12-9-19(23)26-17-10-16-18(11-15(12)17)28-22(3,4)21(27)20(16)25-13(2)14-5-7-24-8-6-14/h5-11,13,20-21,25,27H,1-4H3. The van der Waals surface area contributed by atoms with E-state index in [1.165, 1.54) is 0 Å². The lowest BCUT2D eigenvalue weighted by atomic mass is 9.85. The number of aliphatic hydroxyl groups is 1. The molecule has 0 fully saturated rings. The lowest BCUT2D eigenvalue weighted by Crippen LogP contribution is -2.52. The van der Waals surface area contributed by atoms with Crippen LogP contribution in [0.25, 0.3) is 10.9 Å². The van der Waals surface area contributed by atoms with Gasteiger partial charge in [-0.15, -0.1) is 0 Å². The Kier molecular flexibility index (Phi) is 4.78. The summed E-state index contributed by atoms with van der Waals surface area (Å²) in [6.45, 7) is 7.89. The van der Waals surface area contributed by atoms with E-state index in [0.717, 1.165) is 33.3 Å². The van der Waals surface area contributed by atoms with Gasteiger partial charge in [0.2, 0.25) is 0 Å². The van der Waals surface area contributed by atoms with Crippen molar-refractivity contribution in [3.63, 3.8) is 0 Å². The van der Waals surface area contributed by atoms with Crippen molar-refractivity contribution in [1.82, 2.24) is 15.3 Å². The molecule has 0 amide bonds. The third-order valence-corrected chi connectivity index (χ3v) is 5.68. The molecule has 6 heteroatoms. The van der Waals surface area contributed by atoms with Crippen LogP contribution in [0.1, 0.15) is 49.5 Å². The first-order chi connectivity index (χ1) is 13.3. The Morgan fingerprint density at radius 1 is 1.21 bits per heavy atom. The van der Waals surface area contributed by atoms with Gasteiger partial charge >= 0.3 is 0 Å². The topological polar surface area (TPSA) is 67.3 Å². The molecule has 1 aliphatic rings. The fraction of sp³-hybridized carbons (Fsp3) is 0.364. The van der Waals surface area contributed by atoms with Crippen LogP contribution in [0.15, 0.2) is 42.7 Å². The average molecular weight is 398 g/mol. The summed E-state index contributed by atoms with van der Waals surface area (Å²) in [5, 5.41) is 16.1. The highest BCUT2D eigenvalue weighted by Crippen LogP contribution is 2.43. The molecule has 2 N–H and O–H groups in total. The highest BCUT2D eigenvalue weighted by molar-refractivity contribution is 6.29. The van der Waals surface area contributed by atoms with E-state index in [1.54, 1.807) is 12.4 Å². The molecule has 3 unspecified atom stereocenters. The second-order valence-corrected chi connectivity index (χ2v) is 8.35. The van der Waals surface area contributed by atoms with Crippen molar-refractivity contribution in [2.24, 2.45) is 0 Å². The van der Waals surface area contributed by atoms with Crippen molar-refractivity contribution in [3.05, 3.63) is 64.6 Å². The van der Waals surface area contributed by atoms with Crippen molar-refractivity contribution in [3.8, 4) is 5.75 Å². The first-order valence-electron chi connectivity index (χ1n) is 9.40. The summed E-state index contributed by atoms with van der Waals surface area (Å²) in [6, 6.07) is 9.48. The van der Waals surface area contributed by atoms with E-state index in [4.69, 9.17) is 16.3 Å². The van der Waals surface area contributed by atoms with Gasteiger partial charge in [0.15, 0.2) is 0 Å². The van der Waals surface area contributed by atoms with Gasteiger partial charge in [-0.05, 0) is 69.2 Å². The highest BCUT2D eigenvalue weighted by Gasteiger charge is 2.43. The smallest absolute Gasteiger partial charge is 0.131 e. The Hall–Kier alpha value is -2.21. The summed E-state index contributed by atoms with van der Waals surface area (Å²) >= 11 is 6.17. The van der Waals surface area contributed by atoms with Crippen LogP contribution in [-0.2, 0) is 0 Å². The number of ether oxygens (including phenoxy) is 1. The molecule has 146 valence electrons. The third-order valence-electron chi connectivity index (χ3n) is 5.49. The number of rotatable bonds is 3. The zero-order valence-corrected chi connectivity index (χ0v) is 17.2. The van der Waals surface area contributed by atoms with Gasteiger partial charge < -0.3 is 15.2 Å². The van der Waals surface area contributed by atoms with Crippen molar-refractivity contribution in [1.29, 1.82) is 0 Å². The van der Waals surface area contributed by atoms with Crippen molar-refractivity contribution in [2.75, 3.05) is 0 Å². The van der Waals surface area contributed by atoms with Gasteiger partial charge in [-0.3, -0.25) is 4.98 Å². The number of aromatic nitrogens is 2. The van der Waals surface area contributed by atoms with E-state index in [1.807, 2.05) is 51.1 Å². The minimum atomic E-state index is -0.734. The van der Waals surface area contributed by atoms with Crippen LogP contribution < -0.4 is 10.1 Å². The average Bonchev–Trinajstić information content (AvgIpc) is 2.65. The largest absolute Gasteiger partial charge is 0.485 e. The van der Waals surface area contributed by atoms with Gasteiger partial charge in [-0.2, -0.15) is 0 Å². The van der Waals surface area contributed by atoms with E-state index in [-0.39, 0.29) is 12.1 Å². The molecule has 4 rings (SSSR count). The van der Waals surface area contributed by atoms with Crippen LogP contribution >= 0.6 is 11.6 Å². The number of hydrogen-bond donors (Lipinski definition) is 2. The van der Waals surface area contributed by atoms with Crippen molar-refractivity contribution in [2.45, 2.75) is 51.5 Å². The molecule has 0 bridgehead atoms. The maximum Gasteiger partial charge on any atom is 0.131 e. The molecule has 1 aromatic carbocycles. The van der Waals surface area contributed by atoms with Crippen LogP contribution in [0.5, 0.6) is 5.75 Å². The molecule has 5 nitrogen and oxygen atoms in total. The lowest BCUT2D eigenvalue weighted by Gasteiger charge is -2.43. The summed E-state index contributed by atoms with van der Waals surface area (Å²) in [4.78, 5) is 8.55. The van der Waals surface area contributed by atoms with E-state index in [9.17, 15) is 5.11 Å². The molecular weight excluding hydrogens is 374 g/mol. The van der Waals surface area contributed by atoms with E-state index in [2.05, 4.69) is 22.2 Å². The monoisotopic (exact) mass is 397 g/mol. The van der Waals surface area contributed by atoms with Crippen LogP contribution in [-0.4, -0.2) is 26.8 Å². The Bertz CT molecular complexity index is 1020. The quantitative estimate of drug-likeness (QED) is 0.636. The van der Waals surface area contributed by atoms with Crippen LogP contribution in [0.3, 0.4) is 0 Å². The first kappa shape index (κ1) is 19.1. The number of aliphatic hydroxyl groups excluding tert-OH is 1. The van der Waals surface area contributed by atoms with Gasteiger partial charge in [-0.25, -0.2) is 4.98 Å². The van der Waals surface area contributed by atoms with Crippen molar-refractivity contribution < 1.29 is 9.84 Å². The first-order valence-corrected chi connectivity index (χ1v) is 9.78. The maximum absolute atomic E-state index is 11.1. The predicted octanol–water partition coefficient (Wildman–Crippen LogP) is 4.52. The van der Waals surface area contributed by atoms with Gasteiger partial charge in [-0.1, -0.05) is 11.6 Å². The number of aryl methyl sites for hydroxylation is 1. The molecule has 3 atom stereocenters. The third kappa shape index (κ3) is 3.34. The fourth-order valence-electron chi connectivity index (χ4n) is 3.84. The SMILES string of the molecule is Cc1cc(Cl)nc2cc3c(cc12)OC(C)(C)C(O)C3NC(C)c1ccncc1. The molecule has 28 heavy (non-hydrogen) atoms. The summed E-state index contributed by atoms with van der Waals surface area (Å²) in [6.07, 6.45) is 2.81. The molecule has 3 aromatic rings. The number of nitrogens with one attached hydrogen (secondary N) is 1. The number of pyridine rings is 2. The summed E-state index contributed by atoms with van der Waals surface area (Å²) in [5.41, 5.74) is 3.09. The van der Waals surface area contributed by atoms with Crippen LogP contribution in [0.4, 0.5) is 0 Å². The van der Waals surface area contributed by atoms with Crippen LogP contribution in [0, 0.1) is 6.92 Å². The molecule has 0 aliphatic carbocycles. The summed E-state index contributed by atoms with van der Waals surface area (Å²) in [7, 11) is 0. The number of benzene rings is 1. The molecular formula is C22H24ClN3O2. The fourth-order valence-corrected chi connectivity index (χ4v) is 4.10. The van der Waals surface area contributed by atoms with Crippen molar-refractivity contribution >= 4 is 22.5 Å². The molecule has 0 spiro atoms. The van der Waals surface area contributed by atoms with E-state index >= 15 is 0 Å². The lowest BCUT2D eigenvalue weighted by molar-refractivity contribution is -0.0661. The minimum Gasteiger partial charge on any atom is -0.485 e. The summed E-state index contributed by atoms with van der Waals surface area (Å²) in [5.74, 6) is 0.759. The van der Waals surface area contributed by atoms with Gasteiger partial charge in [0.05, 0.1) is 11.6 Å². The van der Waals surface area contributed by atoms with E-state index < -0.39 is 11.7 Å². The second-order valence-electron chi connectivity index (χ2n) is 7.97. The summed E-state index contributed by atoms with van der Waals surface area (Å²) < 4.78 is 6.18.